The van der Waals surface area contributed by atoms with Gasteiger partial charge in [-0.2, -0.15) is 0 Å². The lowest BCUT2D eigenvalue weighted by Crippen LogP contribution is -2.19. The zero-order valence-corrected chi connectivity index (χ0v) is 22.0. The van der Waals surface area contributed by atoms with Gasteiger partial charge in [-0.3, -0.25) is 9.89 Å². The smallest absolute Gasteiger partial charge is 0.296 e. The number of anilines is 1. The summed E-state index contributed by atoms with van der Waals surface area (Å²) in [7, 11) is 0. The molecule has 2 aromatic heterocycles. The summed E-state index contributed by atoms with van der Waals surface area (Å²) < 4.78 is 20.0. The molecule has 9 nitrogen and oxygen atoms in total. The van der Waals surface area contributed by atoms with Crippen molar-refractivity contribution in [2.75, 3.05) is 11.9 Å². The van der Waals surface area contributed by atoms with Crippen molar-refractivity contribution in [1.29, 1.82) is 0 Å². The van der Waals surface area contributed by atoms with Gasteiger partial charge in [-0.15, -0.1) is 5.10 Å². The maximum Gasteiger partial charge on any atom is 0.296 e. The highest BCUT2D eigenvalue weighted by Crippen LogP contribution is 2.28. The number of ether oxygens (including phenoxy) is 1. The average molecular weight is 539 g/mol. The maximum atomic E-state index is 14.2. The fraction of sp³-hybridized carbons (Fsp3) is 0.296. The summed E-state index contributed by atoms with van der Waals surface area (Å²) in [5.74, 6) is 0.0290. The minimum atomic E-state index is -0.731. The number of nitrogens with zero attached hydrogens (tertiary/aromatic N) is 4. The number of nitrogens with one attached hydrogen (secondary N) is 2. The van der Waals surface area contributed by atoms with E-state index in [1.807, 2.05) is 25.1 Å². The Morgan fingerprint density at radius 3 is 2.82 bits per heavy atom. The summed E-state index contributed by atoms with van der Waals surface area (Å²) in [6.45, 7) is 5.96. The first-order chi connectivity index (χ1) is 18.1. The molecule has 3 N–H and O–H groups in total. The third kappa shape index (κ3) is 7.11. The molecule has 2 heterocycles. The second kappa shape index (κ2) is 11.7. The Hall–Kier alpha value is -3.89. The van der Waals surface area contributed by atoms with Gasteiger partial charge in [-0.1, -0.05) is 29.8 Å². The highest BCUT2D eigenvalue weighted by atomic mass is 35.5. The summed E-state index contributed by atoms with van der Waals surface area (Å²) in [5, 5.41) is 19.1. The number of aromatic nitrogens is 5. The van der Waals surface area contributed by atoms with Gasteiger partial charge in [0.05, 0.1) is 22.9 Å². The lowest BCUT2D eigenvalue weighted by molar-refractivity contribution is 0.0641. The Morgan fingerprint density at radius 1 is 1.21 bits per heavy atom. The Kier molecular flexibility index (Phi) is 8.33. The lowest BCUT2D eigenvalue weighted by Gasteiger charge is -2.17. The summed E-state index contributed by atoms with van der Waals surface area (Å²) >= 11 is 5.83. The molecular formula is C27H28ClFN6O3. The molecule has 0 spiro atoms. The van der Waals surface area contributed by atoms with Crippen LogP contribution in [0, 0.1) is 12.7 Å². The Balaban J connectivity index is 1.43. The van der Waals surface area contributed by atoms with Gasteiger partial charge in [0.25, 0.3) is 5.91 Å². The molecule has 1 amide bonds. The number of benzene rings is 2. The number of hydrogen-bond donors (Lipinski definition) is 3. The molecule has 0 fully saturated rings. The van der Waals surface area contributed by atoms with Gasteiger partial charge in [-0.25, -0.2) is 19.3 Å². The van der Waals surface area contributed by atoms with Crippen LogP contribution in [0.1, 0.15) is 54.3 Å². The van der Waals surface area contributed by atoms with Crippen LogP contribution in [0.4, 0.5) is 10.2 Å². The molecule has 4 aromatic rings. The minimum absolute atomic E-state index is 0.0117. The fourth-order valence-corrected chi connectivity index (χ4v) is 3.94. The van der Waals surface area contributed by atoms with Crippen LogP contribution in [0.3, 0.4) is 0 Å². The number of hydrogen-bond acceptors (Lipinski definition) is 7. The van der Waals surface area contributed by atoms with E-state index in [0.717, 1.165) is 11.1 Å². The monoisotopic (exact) mass is 538 g/mol. The van der Waals surface area contributed by atoms with Gasteiger partial charge in [0, 0.05) is 18.1 Å². The zero-order valence-electron chi connectivity index (χ0n) is 21.3. The van der Waals surface area contributed by atoms with Crippen LogP contribution in [0.5, 0.6) is 5.75 Å². The van der Waals surface area contributed by atoms with Crippen molar-refractivity contribution < 1.29 is 19.0 Å². The first-order valence-corrected chi connectivity index (χ1v) is 12.4. The van der Waals surface area contributed by atoms with E-state index in [9.17, 15) is 14.3 Å². The van der Waals surface area contributed by atoms with Gasteiger partial charge < -0.3 is 15.2 Å². The molecule has 0 unspecified atom stereocenters. The number of carbonyl (C=O) groups is 1. The Morgan fingerprint density at radius 2 is 2.03 bits per heavy atom. The van der Waals surface area contributed by atoms with Crippen LogP contribution in [0.15, 0.2) is 48.8 Å². The third-order valence-corrected chi connectivity index (χ3v) is 6.01. The second-order valence-electron chi connectivity index (χ2n) is 9.48. The van der Waals surface area contributed by atoms with Gasteiger partial charge in [0.1, 0.15) is 29.5 Å². The van der Waals surface area contributed by atoms with Crippen LogP contribution in [0.25, 0.3) is 11.3 Å². The van der Waals surface area contributed by atoms with Gasteiger partial charge >= 0.3 is 0 Å². The van der Waals surface area contributed by atoms with Crippen molar-refractivity contribution >= 4 is 23.3 Å². The first kappa shape index (κ1) is 27.2. The molecule has 0 saturated heterocycles. The molecular weight excluding hydrogens is 511 g/mol. The number of halogens is 2. The summed E-state index contributed by atoms with van der Waals surface area (Å²) in [5.41, 5.74) is 2.00. The number of rotatable bonds is 10. The van der Waals surface area contributed by atoms with Crippen LogP contribution in [0.2, 0.25) is 5.02 Å². The van der Waals surface area contributed by atoms with E-state index in [0.29, 0.717) is 42.3 Å². The van der Waals surface area contributed by atoms with Gasteiger partial charge in [0.2, 0.25) is 5.82 Å². The number of aliphatic hydroxyl groups is 1. The number of amides is 1. The highest BCUT2D eigenvalue weighted by molar-refractivity contribution is 6.30. The van der Waals surface area contributed by atoms with Crippen molar-refractivity contribution in [2.24, 2.45) is 0 Å². The van der Waals surface area contributed by atoms with Crippen LogP contribution >= 0.6 is 11.6 Å². The molecule has 11 heteroatoms. The predicted molar refractivity (Wildman–Crippen MR) is 142 cm³/mol. The van der Waals surface area contributed by atoms with E-state index in [-0.39, 0.29) is 23.1 Å². The summed E-state index contributed by atoms with van der Waals surface area (Å²) in [4.78, 5) is 25.4. The number of H-pyrrole nitrogens is 1. The van der Waals surface area contributed by atoms with Crippen LogP contribution in [-0.2, 0) is 6.42 Å². The standard InChI is InChI=1S/C27H28ClFN6O3/c1-16-8-9-18(38-11-5-10-27(2,3)37)13-19(16)21-14-22(31-15-30-21)33-26(36)25-32-23(34-35-25)12-17-6-4-7-20(28)24(17)29/h4,6-9,13-15,37H,5,10-12H2,1-3H3,(H,32,34,35)(H,30,31,33,36). The van der Waals surface area contributed by atoms with Crippen molar-refractivity contribution in [3.63, 3.8) is 0 Å². The normalized spacial score (nSPS) is 11.4. The van der Waals surface area contributed by atoms with E-state index < -0.39 is 17.3 Å². The Bertz CT molecular complexity index is 1440. The van der Waals surface area contributed by atoms with E-state index in [1.54, 1.807) is 32.0 Å². The highest BCUT2D eigenvalue weighted by Gasteiger charge is 2.17. The van der Waals surface area contributed by atoms with Gasteiger partial charge in [0.15, 0.2) is 0 Å². The lowest BCUT2D eigenvalue weighted by atomic mass is 10.0. The van der Waals surface area contributed by atoms with Gasteiger partial charge in [-0.05, 0) is 62.9 Å². The summed E-state index contributed by atoms with van der Waals surface area (Å²) in [6.07, 6.45) is 2.80. The first-order valence-electron chi connectivity index (χ1n) is 12.0. The van der Waals surface area contributed by atoms with E-state index in [2.05, 4.69) is 30.5 Å². The van der Waals surface area contributed by atoms with Crippen molar-refractivity contribution in [3.05, 3.63) is 82.4 Å². The molecule has 0 radical (unpaired) electrons. The van der Waals surface area contributed by atoms with Crippen molar-refractivity contribution in [3.8, 4) is 17.0 Å². The predicted octanol–water partition coefficient (Wildman–Crippen LogP) is 5.14. The molecule has 4 rings (SSSR count). The maximum absolute atomic E-state index is 14.2. The SMILES string of the molecule is Cc1ccc(OCCCC(C)(C)O)cc1-c1cc(NC(=O)c2n[nH]c(Cc3cccc(Cl)c3F)n2)ncn1. The quantitative estimate of drug-likeness (QED) is 0.239. The number of carbonyl (C=O) groups excluding carboxylic acids is 1. The van der Waals surface area contributed by atoms with E-state index >= 15 is 0 Å². The topological polar surface area (TPSA) is 126 Å². The molecule has 0 atom stereocenters. The van der Waals surface area contributed by atoms with Crippen LogP contribution in [-0.4, -0.2) is 48.4 Å². The Labute approximate surface area is 224 Å². The largest absolute Gasteiger partial charge is 0.494 e. The minimum Gasteiger partial charge on any atom is -0.494 e. The molecule has 0 aliphatic heterocycles. The molecule has 38 heavy (non-hydrogen) atoms. The van der Waals surface area contributed by atoms with Crippen molar-refractivity contribution in [2.45, 2.75) is 45.6 Å². The third-order valence-electron chi connectivity index (χ3n) is 5.72. The van der Waals surface area contributed by atoms with E-state index in [4.69, 9.17) is 16.3 Å². The second-order valence-corrected chi connectivity index (χ2v) is 9.89. The molecule has 0 aliphatic rings. The molecule has 0 aliphatic carbocycles. The van der Waals surface area contributed by atoms with E-state index in [1.165, 1.54) is 12.4 Å². The average Bonchev–Trinajstić information content (AvgIpc) is 3.34. The molecule has 0 saturated carbocycles. The van der Waals surface area contributed by atoms with Crippen molar-refractivity contribution in [1.82, 2.24) is 25.1 Å². The molecule has 2 aromatic carbocycles. The molecule has 0 bridgehead atoms. The number of aryl methyl sites for hydroxylation is 1. The summed E-state index contributed by atoms with van der Waals surface area (Å²) in [6, 6.07) is 12.0. The fourth-order valence-electron chi connectivity index (χ4n) is 3.75. The number of aromatic amines is 1. The van der Waals surface area contributed by atoms with Crippen LogP contribution < -0.4 is 10.1 Å². The zero-order chi connectivity index (χ0) is 27.3. The molecule has 198 valence electrons.